The minimum atomic E-state index is -0.662. The van der Waals surface area contributed by atoms with E-state index in [0.717, 1.165) is 38.5 Å². The average molecular weight is 1190 g/mol. The Morgan fingerprint density at radius 1 is 0.286 bits per heavy atom. The van der Waals surface area contributed by atoms with Gasteiger partial charge in [-0.25, -0.2) is 0 Å². The number of nitrogens with one attached hydrogen (secondary N) is 1. The number of esters is 1. The highest BCUT2D eigenvalue weighted by Gasteiger charge is 2.20. The summed E-state index contributed by atoms with van der Waals surface area (Å²) in [6.45, 7) is 5.02. The van der Waals surface area contributed by atoms with Crippen LogP contribution in [0.1, 0.15) is 463 Å². The minimum Gasteiger partial charge on any atom is -0.466 e. The van der Waals surface area contributed by atoms with Crippen molar-refractivity contribution in [2.24, 2.45) is 0 Å². The van der Waals surface area contributed by atoms with E-state index in [1.165, 1.54) is 392 Å². The first-order valence-corrected chi connectivity index (χ1v) is 39.3. The van der Waals surface area contributed by atoms with Crippen molar-refractivity contribution in [1.29, 1.82) is 0 Å². The lowest BCUT2D eigenvalue weighted by Crippen LogP contribution is -2.45. The summed E-state index contributed by atoms with van der Waals surface area (Å²) in [4.78, 5) is 24.7. The SMILES string of the molecule is CCCCCCCCCCCCCCCCCCCCCCC(O)C(CO)NC(=O)CCCCCCCCCCCCCCCCCCCCCCCCCCCCCCCOC(=O)CCCCCCCCCCCCCCCCCCCC. The highest BCUT2D eigenvalue weighted by atomic mass is 16.5. The fraction of sp³-hybridized carbons (Fsp3) is 0.974. The molecular weight excluding hydrogens is 1030 g/mol. The average Bonchev–Trinajstić information content (AvgIpc) is 3.51. The molecule has 6 nitrogen and oxygen atoms in total. The van der Waals surface area contributed by atoms with Crippen LogP contribution in [0, 0.1) is 0 Å². The number of aliphatic hydroxyl groups excluding tert-OH is 2. The smallest absolute Gasteiger partial charge is 0.305 e. The molecule has 0 radical (unpaired) electrons. The number of hydrogen-bond acceptors (Lipinski definition) is 5. The van der Waals surface area contributed by atoms with Crippen LogP contribution in [-0.2, 0) is 14.3 Å². The van der Waals surface area contributed by atoms with Crippen molar-refractivity contribution in [2.75, 3.05) is 13.2 Å². The number of unbranched alkanes of at least 4 members (excludes halogenated alkanes) is 64. The van der Waals surface area contributed by atoms with Gasteiger partial charge in [-0.3, -0.25) is 9.59 Å². The largest absolute Gasteiger partial charge is 0.466 e. The number of amides is 1. The summed E-state index contributed by atoms with van der Waals surface area (Å²) < 4.78 is 5.52. The summed E-state index contributed by atoms with van der Waals surface area (Å²) in [6, 6.07) is -0.539. The highest BCUT2D eigenvalue weighted by Crippen LogP contribution is 2.21. The normalized spacial score (nSPS) is 12.4. The quantitative estimate of drug-likeness (QED) is 0.0417. The molecule has 0 bridgehead atoms. The lowest BCUT2D eigenvalue weighted by atomic mass is 10.0. The predicted octanol–water partition coefficient (Wildman–Crippen LogP) is 25.7. The maximum absolute atomic E-state index is 12.6. The van der Waals surface area contributed by atoms with Gasteiger partial charge in [-0.15, -0.1) is 0 Å². The van der Waals surface area contributed by atoms with Gasteiger partial charge in [0.25, 0.3) is 0 Å². The molecule has 0 aromatic rings. The van der Waals surface area contributed by atoms with E-state index in [-0.39, 0.29) is 18.5 Å². The van der Waals surface area contributed by atoms with Crippen molar-refractivity contribution < 1.29 is 24.5 Å². The van der Waals surface area contributed by atoms with Crippen molar-refractivity contribution in [2.45, 2.75) is 475 Å². The van der Waals surface area contributed by atoms with Gasteiger partial charge in [-0.1, -0.05) is 425 Å². The van der Waals surface area contributed by atoms with Gasteiger partial charge in [0.2, 0.25) is 5.91 Å². The van der Waals surface area contributed by atoms with Crippen LogP contribution in [0.4, 0.5) is 0 Å². The third-order valence-corrected chi connectivity index (χ3v) is 18.9. The lowest BCUT2D eigenvalue weighted by Gasteiger charge is -2.22. The zero-order chi connectivity index (χ0) is 60.6. The Morgan fingerprint density at radius 3 is 0.726 bits per heavy atom. The summed E-state index contributed by atoms with van der Waals surface area (Å²) in [5.41, 5.74) is 0. The van der Waals surface area contributed by atoms with Gasteiger partial charge >= 0.3 is 5.97 Å². The van der Waals surface area contributed by atoms with E-state index in [1.807, 2.05) is 0 Å². The first-order valence-electron chi connectivity index (χ1n) is 39.3. The topological polar surface area (TPSA) is 95.9 Å². The van der Waals surface area contributed by atoms with Crippen LogP contribution in [0.2, 0.25) is 0 Å². The van der Waals surface area contributed by atoms with Crippen LogP contribution in [0.5, 0.6) is 0 Å². The van der Waals surface area contributed by atoms with E-state index < -0.39 is 12.1 Å². The molecule has 0 aliphatic carbocycles. The van der Waals surface area contributed by atoms with E-state index in [4.69, 9.17) is 4.74 Å². The van der Waals surface area contributed by atoms with Crippen molar-refractivity contribution in [3.05, 3.63) is 0 Å². The van der Waals surface area contributed by atoms with E-state index in [2.05, 4.69) is 19.2 Å². The van der Waals surface area contributed by atoms with Gasteiger partial charge in [0.1, 0.15) is 0 Å². The summed E-state index contributed by atoms with van der Waals surface area (Å²) in [5, 5.41) is 23.4. The molecule has 0 rings (SSSR count). The van der Waals surface area contributed by atoms with Crippen LogP contribution in [-0.4, -0.2) is 47.4 Å². The molecule has 0 aliphatic heterocycles. The first-order chi connectivity index (χ1) is 41.5. The van der Waals surface area contributed by atoms with Crippen molar-refractivity contribution in [3.8, 4) is 0 Å². The third kappa shape index (κ3) is 70.0. The second-order valence-electron chi connectivity index (χ2n) is 27.4. The Labute approximate surface area is 527 Å². The molecule has 0 saturated heterocycles. The second-order valence-corrected chi connectivity index (χ2v) is 27.4. The molecule has 0 aliphatic rings. The van der Waals surface area contributed by atoms with E-state index >= 15 is 0 Å². The van der Waals surface area contributed by atoms with Gasteiger partial charge in [-0.2, -0.15) is 0 Å². The maximum Gasteiger partial charge on any atom is 0.305 e. The zero-order valence-corrected chi connectivity index (χ0v) is 57.7. The number of carbonyl (C=O) groups is 2. The van der Waals surface area contributed by atoms with Crippen LogP contribution in [0.15, 0.2) is 0 Å². The molecule has 6 heteroatoms. The number of ether oxygens (including phenoxy) is 1. The summed E-state index contributed by atoms with van der Waals surface area (Å²) in [7, 11) is 0. The molecule has 2 unspecified atom stereocenters. The number of aliphatic hydroxyl groups is 2. The lowest BCUT2D eigenvalue weighted by molar-refractivity contribution is -0.143. The van der Waals surface area contributed by atoms with Crippen LogP contribution in [0.25, 0.3) is 0 Å². The summed E-state index contributed by atoms with van der Waals surface area (Å²) >= 11 is 0. The van der Waals surface area contributed by atoms with E-state index in [1.54, 1.807) is 0 Å². The molecule has 0 aromatic heterocycles. The molecule has 0 saturated carbocycles. The molecule has 1 amide bonds. The summed E-state index contributed by atoms with van der Waals surface area (Å²) in [5.74, 6) is -0.0000573. The van der Waals surface area contributed by atoms with Gasteiger partial charge in [0, 0.05) is 12.8 Å². The first kappa shape index (κ1) is 82.9. The number of hydrogen-bond donors (Lipinski definition) is 3. The third-order valence-electron chi connectivity index (χ3n) is 18.9. The Kier molecular flexibility index (Phi) is 73.3. The Bertz CT molecular complexity index is 1230. The van der Waals surface area contributed by atoms with Crippen LogP contribution >= 0.6 is 0 Å². The molecule has 84 heavy (non-hydrogen) atoms. The molecule has 502 valence electrons. The monoisotopic (exact) mass is 1190 g/mol. The fourth-order valence-electron chi connectivity index (χ4n) is 12.9. The predicted molar refractivity (Wildman–Crippen MR) is 371 cm³/mol. The van der Waals surface area contributed by atoms with Gasteiger partial charge in [0.05, 0.1) is 25.4 Å². The molecular formula is C78H155NO5. The van der Waals surface area contributed by atoms with Gasteiger partial charge in [-0.05, 0) is 25.7 Å². The van der Waals surface area contributed by atoms with Crippen LogP contribution in [0.3, 0.4) is 0 Å². The molecule has 0 fully saturated rings. The van der Waals surface area contributed by atoms with Crippen LogP contribution < -0.4 is 5.32 Å². The van der Waals surface area contributed by atoms with Gasteiger partial charge < -0.3 is 20.3 Å². The maximum atomic E-state index is 12.6. The minimum absolute atomic E-state index is 0.0255. The molecule has 0 aromatic carbocycles. The number of rotatable bonds is 75. The standard InChI is InChI=1S/C78H155NO5/c1-3-5-7-9-11-13-15-17-19-21-23-35-38-42-46-50-54-58-62-66-70-76(81)75(74-80)79-77(82)71-67-63-59-55-51-47-43-39-36-33-31-29-27-25-24-26-28-30-32-34-37-41-45-49-53-57-61-65-69-73-84-78(83)72-68-64-60-56-52-48-44-40-22-20-18-16-14-12-10-8-6-4-2/h75-76,80-81H,3-74H2,1-2H3,(H,79,82). The fourth-order valence-corrected chi connectivity index (χ4v) is 12.9. The van der Waals surface area contributed by atoms with E-state index in [0.29, 0.717) is 25.9 Å². The Balaban J connectivity index is 3.31. The van der Waals surface area contributed by atoms with Crippen molar-refractivity contribution in [3.63, 3.8) is 0 Å². The molecule has 0 heterocycles. The van der Waals surface area contributed by atoms with E-state index in [9.17, 15) is 19.8 Å². The van der Waals surface area contributed by atoms with Crippen molar-refractivity contribution >= 4 is 11.9 Å². The molecule has 0 spiro atoms. The number of carbonyl (C=O) groups excluding carboxylic acids is 2. The van der Waals surface area contributed by atoms with Crippen molar-refractivity contribution in [1.82, 2.24) is 5.32 Å². The Morgan fingerprint density at radius 2 is 0.488 bits per heavy atom. The molecule has 3 N–H and O–H groups in total. The second kappa shape index (κ2) is 74.3. The molecule has 2 atom stereocenters. The Hall–Kier alpha value is -1.14. The summed E-state index contributed by atoms with van der Waals surface area (Å²) in [6.07, 6.45) is 91.9. The zero-order valence-electron chi connectivity index (χ0n) is 57.7. The highest BCUT2D eigenvalue weighted by molar-refractivity contribution is 5.76. The van der Waals surface area contributed by atoms with Gasteiger partial charge in [0.15, 0.2) is 0 Å².